The molecule has 2 heterocycles. The molecule has 5 heteroatoms. The number of piperidine rings is 1. The molecule has 0 radical (unpaired) electrons. The Morgan fingerprint density at radius 3 is 2.81 bits per heavy atom. The quantitative estimate of drug-likeness (QED) is 0.905. The van der Waals surface area contributed by atoms with E-state index in [-0.39, 0.29) is 5.91 Å². The van der Waals surface area contributed by atoms with Gasteiger partial charge in [-0.2, -0.15) is 5.10 Å². The topological polar surface area (TPSA) is 61.0 Å². The van der Waals surface area contributed by atoms with Crippen LogP contribution in [-0.4, -0.2) is 47.2 Å². The number of nitrogens with one attached hydrogen (secondary N) is 2. The van der Waals surface area contributed by atoms with Crippen molar-refractivity contribution in [3.63, 3.8) is 0 Å². The van der Waals surface area contributed by atoms with Gasteiger partial charge in [0.05, 0.1) is 5.69 Å². The molecule has 21 heavy (non-hydrogen) atoms. The number of nitrogens with zero attached hydrogens (tertiary/aromatic N) is 2. The lowest BCUT2D eigenvalue weighted by atomic mass is 10.0. The van der Waals surface area contributed by atoms with Crippen molar-refractivity contribution in [2.45, 2.75) is 18.9 Å². The van der Waals surface area contributed by atoms with E-state index in [2.05, 4.69) is 15.5 Å². The average molecular weight is 284 g/mol. The van der Waals surface area contributed by atoms with E-state index in [1.807, 2.05) is 42.3 Å². The Hall–Kier alpha value is -2.14. The van der Waals surface area contributed by atoms with Crippen LogP contribution in [0.5, 0.6) is 0 Å². The van der Waals surface area contributed by atoms with Crippen LogP contribution in [0.3, 0.4) is 0 Å². The molecular weight excluding hydrogens is 264 g/mol. The summed E-state index contributed by atoms with van der Waals surface area (Å²) in [6.07, 6.45) is 3.75. The number of aromatic amines is 1. The molecule has 0 saturated carbocycles. The number of aromatic nitrogens is 2. The number of likely N-dealkylation sites (tertiary alicyclic amines) is 1. The molecular formula is C16H20N4O. The zero-order valence-corrected chi connectivity index (χ0v) is 12.2. The fourth-order valence-corrected chi connectivity index (χ4v) is 2.79. The smallest absolute Gasteiger partial charge is 0.253 e. The van der Waals surface area contributed by atoms with Crippen molar-refractivity contribution in [1.82, 2.24) is 20.4 Å². The van der Waals surface area contributed by atoms with Gasteiger partial charge in [0.1, 0.15) is 0 Å². The van der Waals surface area contributed by atoms with Crippen LogP contribution < -0.4 is 5.32 Å². The van der Waals surface area contributed by atoms with Gasteiger partial charge in [-0.05, 0) is 38.1 Å². The largest absolute Gasteiger partial charge is 0.339 e. The van der Waals surface area contributed by atoms with Gasteiger partial charge in [0.15, 0.2) is 0 Å². The van der Waals surface area contributed by atoms with Crippen LogP contribution in [0.1, 0.15) is 23.2 Å². The summed E-state index contributed by atoms with van der Waals surface area (Å²) in [6, 6.07) is 10.2. The van der Waals surface area contributed by atoms with Crippen LogP contribution in [0.15, 0.2) is 36.5 Å². The molecule has 1 fully saturated rings. The Balaban J connectivity index is 1.75. The summed E-state index contributed by atoms with van der Waals surface area (Å²) in [5.74, 6) is 0.117. The fourth-order valence-electron chi connectivity index (χ4n) is 2.79. The Kier molecular flexibility index (Phi) is 4.01. The minimum atomic E-state index is 0.117. The van der Waals surface area contributed by atoms with Gasteiger partial charge in [0.2, 0.25) is 0 Å². The van der Waals surface area contributed by atoms with E-state index in [1.54, 1.807) is 6.20 Å². The van der Waals surface area contributed by atoms with E-state index in [1.165, 1.54) is 0 Å². The van der Waals surface area contributed by atoms with Gasteiger partial charge < -0.3 is 10.2 Å². The van der Waals surface area contributed by atoms with Crippen molar-refractivity contribution in [2.24, 2.45) is 0 Å². The van der Waals surface area contributed by atoms with E-state index in [4.69, 9.17) is 0 Å². The SMILES string of the molecule is CNC1CCN(C(=O)c2cccc(-c3ccn[nH]3)c2)CC1. The molecule has 2 N–H and O–H groups in total. The standard InChI is InChI=1S/C16H20N4O/c1-17-14-6-9-20(10-7-14)16(21)13-4-2-3-12(11-13)15-5-8-18-19-15/h2-5,8,11,14,17H,6-7,9-10H2,1H3,(H,18,19). The van der Waals surface area contributed by atoms with Crippen LogP contribution in [0, 0.1) is 0 Å². The maximum Gasteiger partial charge on any atom is 0.253 e. The summed E-state index contributed by atoms with van der Waals surface area (Å²) in [5.41, 5.74) is 2.66. The first-order chi connectivity index (χ1) is 10.3. The van der Waals surface area contributed by atoms with E-state index in [0.29, 0.717) is 6.04 Å². The minimum Gasteiger partial charge on any atom is -0.339 e. The van der Waals surface area contributed by atoms with Crippen molar-refractivity contribution >= 4 is 5.91 Å². The third-order valence-electron chi connectivity index (χ3n) is 4.11. The second-order valence-corrected chi connectivity index (χ2v) is 5.41. The Bertz CT molecular complexity index is 600. The average Bonchev–Trinajstić information content (AvgIpc) is 3.09. The molecule has 5 nitrogen and oxygen atoms in total. The highest BCUT2D eigenvalue weighted by molar-refractivity contribution is 5.95. The number of carbonyl (C=O) groups is 1. The van der Waals surface area contributed by atoms with Crippen molar-refractivity contribution in [3.8, 4) is 11.3 Å². The molecule has 2 aromatic rings. The molecule has 0 aliphatic carbocycles. The number of benzene rings is 1. The highest BCUT2D eigenvalue weighted by Crippen LogP contribution is 2.20. The molecule has 110 valence electrons. The molecule has 1 aliphatic rings. The third kappa shape index (κ3) is 2.97. The van der Waals surface area contributed by atoms with Crippen LogP contribution in [-0.2, 0) is 0 Å². The second-order valence-electron chi connectivity index (χ2n) is 5.41. The van der Waals surface area contributed by atoms with Gasteiger partial charge in [-0.3, -0.25) is 9.89 Å². The van der Waals surface area contributed by atoms with E-state index < -0.39 is 0 Å². The van der Waals surface area contributed by atoms with Crippen LogP contribution in [0.2, 0.25) is 0 Å². The molecule has 1 aliphatic heterocycles. The maximum absolute atomic E-state index is 12.6. The number of hydrogen-bond acceptors (Lipinski definition) is 3. The van der Waals surface area contributed by atoms with Crippen LogP contribution in [0.25, 0.3) is 11.3 Å². The van der Waals surface area contributed by atoms with Crippen molar-refractivity contribution < 1.29 is 4.79 Å². The van der Waals surface area contributed by atoms with Crippen LogP contribution in [0.4, 0.5) is 0 Å². The summed E-state index contributed by atoms with van der Waals surface area (Å²) in [4.78, 5) is 14.5. The molecule has 3 rings (SSSR count). The molecule has 1 aromatic heterocycles. The number of rotatable bonds is 3. The van der Waals surface area contributed by atoms with Crippen molar-refractivity contribution in [1.29, 1.82) is 0 Å². The Morgan fingerprint density at radius 2 is 2.14 bits per heavy atom. The predicted octanol–water partition coefficient (Wildman–Crippen LogP) is 1.90. The highest BCUT2D eigenvalue weighted by Gasteiger charge is 2.22. The first-order valence-electron chi connectivity index (χ1n) is 7.34. The summed E-state index contributed by atoms with van der Waals surface area (Å²) >= 11 is 0. The zero-order chi connectivity index (χ0) is 14.7. The number of carbonyl (C=O) groups excluding carboxylic acids is 1. The van der Waals surface area contributed by atoms with Gasteiger partial charge in [0, 0.05) is 36.5 Å². The number of hydrogen-bond donors (Lipinski definition) is 2. The highest BCUT2D eigenvalue weighted by atomic mass is 16.2. The Labute approximate surface area is 124 Å². The molecule has 0 unspecified atom stereocenters. The second kappa shape index (κ2) is 6.10. The summed E-state index contributed by atoms with van der Waals surface area (Å²) in [5, 5.41) is 10.2. The molecule has 1 amide bonds. The predicted molar refractivity (Wildman–Crippen MR) is 82.0 cm³/mol. The summed E-state index contributed by atoms with van der Waals surface area (Å²) in [6.45, 7) is 1.64. The minimum absolute atomic E-state index is 0.117. The van der Waals surface area contributed by atoms with Gasteiger partial charge in [-0.15, -0.1) is 0 Å². The summed E-state index contributed by atoms with van der Waals surface area (Å²) in [7, 11) is 1.98. The summed E-state index contributed by atoms with van der Waals surface area (Å²) < 4.78 is 0. The monoisotopic (exact) mass is 284 g/mol. The fraction of sp³-hybridized carbons (Fsp3) is 0.375. The van der Waals surface area contributed by atoms with Crippen LogP contribution >= 0.6 is 0 Å². The lowest BCUT2D eigenvalue weighted by Crippen LogP contribution is -2.43. The Morgan fingerprint density at radius 1 is 1.33 bits per heavy atom. The lowest BCUT2D eigenvalue weighted by Gasteiger charge is -2.31. The van der Waals surface area contributed by atoms with Gasteiger partial charge >= 0.3 is 0 Å². The molecule has 0 bridgehead atoms. The van der Waals surface area contributed by atoms with Gasteiger partial charge in [-0.25, -0.2) is 0 Å². The van der Waals surface area contributed by atoms with E-state index in [0.717, 1.165) is 42.8 Å². The molecule has 1 saturated heterocycles. The van der Waals surface area contributed by atoms with E-state index >= 15 is 0 Å². The van der Waals surface area contributed by atoms with Crippen molar-refractivity contribution in [2.75, 3.05) is 20.1 Å². The third-order valence-corrected chi connectivity index (χ3v) is 4.11. The van der Waals surface area contributed by atoms with Crippen molar-refractivity contribution in [3.05, 3.63) is 42.1 Å². The maximum atomic E-state index is 12.6. The molecule has 1 aromatic carbocycles. The first kappa shape index (κ1) is 13.8. The lowest BCUT2D eigenvalue weighted by molar-refractivity contribution is 0.0707. The van der Waals surface area contributed by atoms with Gasteiger partial charge in [-0.1, -0.05) is 12.1 Å². The molecule has 0 atom stereocenters. The zero-order valence-electron chi connectivity index (χ0n) is 12.2. The number of H-pyrrole nitrogens is 1. The normalized spacial score (nSPS) is 16.1. The number of amides is 1. The first-order valence-corrected chi connectivity index (χ1v) is 7.34. The van der Waals surface area contributed by atoms with E-state index in [9.17, 15) is 4.79 Å². The molecule has 0 spiro atoms. The van der Waals surface area contributed by atoms with Gasteiger partial charge in [0.25, 0.3) is 5.91 Å².